The third kappa shape index (κ3) is 4.29. The van der Waals surface area contributed by atoms with Gasteiger partial charge in [-0.2, -0.15) is 0 Å². The van der Waals surface area contributed by atoms with Crippen LogP contribution in [0.4, 0.5) is 0 Å². The van der Waals surface area contributed by atoms with Gasteiger partial charge in [-0.1, -0.05) is 0 Å². The van der Waals surface area contributed by atoms with Crippen LogP contribution in [-0.4, -0.2) is 68.4 Å². The van der Waals surface area contributed by atoms with E-state index in [1.54, 1.807) is 18.2 Å². The van der Waals surface area contributed by atoms with Gasteiger partial charge in [-0.15, -0.1) is 0 Å². The van der Waals surface area contributed by atoms with Crippen LogP contribution < -0.4 is 9.47 Å². The summed E-state index contributed by atoms with van der Waals surface area (Å²) in [6.45, 7) is 5.39. The lowest BCUT2D eigenvalue weighted by Crippen LogP contribution is -2.46. The summed E-state index contributed by atoms with van der Waals surface area (Å²) in [4.78, 5) is 27.9. The van der Waals surface area contributed by atoms with Gasteiger partial charge >= 0.3 is 5.97 Å². The van der Waals surface area contributed by atoms with Gasteiger partial charge in [0.2, 0.25) is 0 Å². The molecule has 1 saturated heterocycles. The molecule has 22 heavy (non-hydrogen) atoms. The van der Waals surface area contributed by atoms with E-state index in [0.29, 0.717) is 17.9 Å². The first kappa shape index (κ1) is 16.5. The van der Waals surface area contributed by atoms with E-state index in [1.807, 2.05) is 0 Å². The van der Waals surface area contributed by atoms with E-state index in [-0.39, 0.29) is 11.5 Å². The Bertz CT molecular complexity index is 551. The fourth-order valence-electron chi connectivity index (χ4n) is 2.39. The molecule has 1 aliphatic rings. The minimum atomic E-state index is -0.443. The van der Waals surface area contributed by atoms with Crippen LogP contribution in [-0.2, 0) is 4.79 Å². The number of ketones is 1. The predicted octanol–water partition coefficient (Wildman–Crippen LogP) is 1.05. The van der Waals surface area contributed by atoms with E-state index in [2.05, 4.69) is 16.8 Å². The number of hydrogen-bond donors (Lipinski definition) is 0. The summed E-state index contributed by atoms with van der Waals surface area (Å²) in [6.07, 6.45) is 0. The van der Waals surface area contributed by atoms with Gasteiger partial charge in [-0.25, -0.2) is 0 Å². The third-order valence-corrected chi connectivity index (χ3v) is 3.70. The van der Waals surface area contributed by atoms with E-state index in [0.717, 1.165) is 26.2 Å². The van der Waals surface area contributed by atoms with Gasteiger partial charge < -0.3 is 14.4 Å². The van der Waals surface area contributed by atoms with Gasteiger partial charge in [0.25, 0.3) is 0 Å². The molecule has 2 rings (SSSR count). The number of piperazine rings is 1. The zero-order valence-corrected chi connectivity index (χ0v) is 13.3. The molecule has 0 unspecified atom stereocenters. The van der Waals surface area contributed by atoms with E-state index >= 15 is 0 Å². The Morgan fingerprint density at radius 1 is 1.14 bits per heavy atom. The Morgan fingerprint density at radius 3 is 2.41 bits per heavy atom. The van der Waals surface area contributed by atoms with Crippen LogP contribution in [0.1, 0.15) is 17.3 Å². The highest BCUT2D eigenvalue weighted by atomic mass is 16.6. The largest absolute Gasteiger partial charge is 0.493 e. The van der Waals surface area contributed by atoms with Gasteiger partial charge in [0.05, 0.1) is 13.7 Å². The number of esters is 1. The van der Waals surface area contributed by atoms with Crippen molar-refractivity contribution in [3.63, 3.8) is 0 Å². The maximum atomic E-state index is 12.4. The lowest BCUT2D eigenvalue weighted by Gasteiger charge is -2.31. The highest BCUT2D eigenvalue weighted by Crippen LogP contribution is 2.28. The molecule has 120 valence electrons. The molecule has 0 radical (unpaired) electrons. The lowest BCUT2D eigenvalue weighted by atomic mass is 10.1. The van der Waals surface area contributed by atoms with Crippen molar-refractivity contribution in [1.82, 2.24) is 9.80 Å². The second-order valence-electron chi connectivity index (χ2n) is 5.46. The number of methoxy groups -OCH3 is 1. The smallest absolute Gasteiger partial charge is 0.308 e. The summed E-state index contributed by atoms with van der Waals surface area (Å²) in [6, 6.07) is 4.92. The molecule has 1 aliphatic heterocycles. The Labute approximate surface area is 130 Å². The Kier molecular flexibility index (Phi) is 5.51. The average molecular weight is 306 g/mol. The highest BCUT2D eigenvalue weighted by molar-refractivity contribution is 5.98. The van der Waals surface area contributed by atoms with Crippen LogP contribution in [0.25, 0.3) is 0 Å². The standard InChI is InChI=1S/C16H22N2O4/c1-12(19)22-16-10-13(4-5-15(16)21-3)14(20)11-18-8-6-17(2)7-9-18/h4-5,10H,6-9,11H2,1-3H3. The number of benzene rings is 1. The number of carbonyl (C=O) groups is 2. The molecular formula is C16H22N2O4. The van der Waals surface area contributed by atoms with Crippen LogP contribution in [0, 0.1) is 0 Å². The minimum absolute atomic E-state index is 0.0145. The topological polar surface area (TPSA) is 59.1 Å². The second-order valence-corrected chi connectivity index (χ2v) is 5.46. The van der Waals surface area contributed by atoms with Crippen molar-refractivity contribution >= 4 is 11.8 Å². The number of carbonyl (C=O) groups excluding carboxylic acids is 2. The molecule has 0 N–H and O–H groups in total. The summed E-state index contributed by atoms with van der Waals surface area (Å²) < 4.78 is 10.2. The van der Waals surface area contributed by atoms with Crippen molar-refractivity contribution in [2.45, 2.75) is 6.92 Å². The summed E-state index contributed by atoms with van der Waals surface area (Å²) in [5, 5.41) is 0. The number of ether oxygens (including phenoxy) is 2. The molecule has 1 fully saturated rings. The molecule has 0 bridgehead atoms. The predicted molar refractivity (Wildman–Crippen MR) is 82.6 cm³/mol. The first-order valence-corrected chi connectivity index (χ1v) is 7.30. The Morgan fingerprint density at radius 2 is 1.82 bits per heavy atom. The van der Waals surface area contributed by atoms with E-state index < -0.39 is 5.97 Å². The Balaban J connectivity index is 2.07. The van der Waals surface area contributed by atoms with Crippen LogP contribution in [0.15, 0.2) is 18.2 Å². The summed E-state index contributed by atoms with van der Waals surface area (Å²) in [5.41, 5.74) is 0.524. The first-order valence-electron chi connectivity index (χ1n) is 7.30. The van der Waals surface area contributed by atoms with Crippen molar-refractivity contribution in [2.24, 2.45) is 0 Å². The molecule has 1 aromatic rings. The number of likely N-dealkylation sites (N-methyl/N-ethyl adjacent to an activating group) is 1. The van der Waals surface area contributed by atoms with E-state index in [9.17, 15) is 9.59 Å². The van der Waals surface area contributed by atoms with Gasteiger partial charge in [-0.3, -0.25) is 14.5 Å². The lowest BCUT2D eigenvalue weighted by molar-refractivity contribution is -0.132. The van der Waals surface area contributed by atoms with Crippen LogP contribution in [0.2, 0.25) is 0 Å². The molecule has 1 heterocycles. The second kappa shape index (κ2) is 7.38. The van der Waals surface area contributed by atoms with Crippen LogP contribution >= 0.6 is 0 Å². The van der Waals surface area contributed by atoms with Gasteiger partial charge in [0.15, 0.2) is 17.3 Å². The summed E-state index contributed by atoms with van der Waals surface area (Å²) >= 11 is 0. The number of nitrogens with zero attached hydrogens (tertiary/aromatic N) is 2. The maximum absolute atomic E-state index is 12.4. The van der Waals surface area contributed by atoms with Crippen molar-refractivity contribution < 1.29 is 19.1 Å². The molecule has 0 atom stereocenters. The fourth-order valence-corrected chi connectivity index (χ4v) is 2.39. The molecule has 1 aromatic carbocycles. The maximum Gasteiger partial charge on any atom is 0.308 e. The van der Waals surface area contributed by atoms with Crippen molar-refractivity contribution in [2.75, 3.05) is 46.9 Å². The van der Waals surface area contributed by atoms with E-state index in [4.69, 9.17) is 9.47 Å². The zero-order valence-electron chi connectivity index (χ0n) is 13.3. The number of Topliss-reactive ketones (excluding diaryl/α,β-unsaturated/α-hetero) is 1. The molecule has 0 aliphatic carbocycles. The zero-order chi connectivity index (χ0) is 16.1. The quantitative estimate of drug-likeness (QED) is 0.460. The monoisotopic (exact) mass is 306 g/mol. The molecular weight excluding hydrogens is 284 g/mol. The highest BCUT2D eigenvalue weighted by Gasteiger charge is 2.19. The normalized spacial score (nSPS) is 16.3. The van der Waals surface area contributed by atoms with Gasteiger partial charge in [-0.05, 0) is 25.2 Å². The molecule has 0 aromatic heterocycles. The van der Waals surface area contributed by atoms with Crippen molar-refractivity contribution in [3.05, 3.63) is 23.8 Å². The molecule has 0 amide bonds. The third-order valence-electron chi connectivity index (χ3n) is 3.70. The summed E-state index contributed by atoms with van der Waals surface area (Å²) in [5.74, 6) is 0.285. The molecule has 0 spiro atoms. The van der Waals surface area contributed by atoms with Gasteiger partial charge in [0, 0.05) is 38.7 Å². The molecule has 0 saturated carbocycles. The van der Waals surface area contributed by atoms with E-state index in [1.165, 1.54) is 14.0 Å². The number of rotatable bonds is 5. The fraction of sp³-hybridized carbons (Fsp3) is 0.500. The van der Waals surface area contributed by atoms with Gasteiger partial charge in [0.1, 0.15) is 0 Å². The average Bonchev–Trinajstić information content (AvgIpc) is 2.49. The molecule has 6 heteroatoms. The SMILES string of the molecule is COc1ccc(C(=O)CN2CCN(C)CC2)cc1OC(C)=O. The number of hydrogen-bond acceptors (Lipinski definition) is 6. The van der Waals surface area contributed by atoms with Crippen LogP contribution in [0.3, 0.4) is 0 Å². The first-order chi connectivity index (χ1) is 10.5. The summed E-state index contributed by atoms with van der Waals surface area (Å²) in [7, 11) is 3.57. The van der Waals surface area contributed by atoms with Crippen molar-refractivity contribution in [3.8, 4) is 11.5 Å². The molecule has 6 nitrogen and oxygen atoms in total. The van der Waals surface area contributed by atoms with Crippen molar-refractivity contribution in [1.29, 1.82) is 0 Å². The minimum Gasteiger partial charge on any atom is -0.493 e. The Hall–Kier alpha value is -1.92. The van der Waals surface area contributed by atoms with Crippen LogP contribution in [0.5, 0.6) is 11.5 Å².